The number of carbonyl (C=O) groups is 1. The molecule has 0 saturated heterocycles. The highest BCUT2D eigenvalue weighted by Gasteiger charge is 2.22. The molecule has 5 nitrogen and oxygen atoms in total. The molecule has 2 heterocycles. The van der Waals surface area contributed by atoms with Gasteiger partial charge < -0.3 is 9.47 Å². The Balaban J connectivity index is 1.81. The molecule has 0 bridgehead atoms. The van der Waals surface area contributed by atoms with E-state index in [0.29, 0.717) is 29.3 Å². The van der Waals surface area contributed by atoms with Crippen molar-refractivity contribution in [2.24, 2.45) is 0 Å². The molecular formula is C15H11BrN2O3. The predicted octanol–water partition coefficient (Wildman–Crippen LogP) is 3.15. The minimum Gasteiger partial charge on any atom is -0.454 e. The van der Waals surface area contributed by atoms with Crippen LogP contribution in [0.25, 0.3) is 11.4 Å². The van der Waals surface area contributed by atoms with E-state index >= 15 is 0 Å². The first kappa shape index (κ1) is 12.8. The van der Waals surface area contributed by atoms with E-state index in [4.69, 9.17) is 9.47 Å². The number of fused-ring (bicyclic) bond motifs is 2. The van der Waals surface area contributed by atoms with Gasteiger partial charge in [0.05, 0.1) is 15.7 Å². The van der Waals surface area contributed by atoms with E-state index in [9.17, 15) is 4.79 Å². The monoisotopic (exact) mass is 346 g/mol. The summed E-state index contributed by atoms with van der Waals surface area (Å²) in [5, 5.41) is 0. The number of rotatable bonds is 1. The molecule has 0 N–H and O–H groups in total. The summed E-state index contributed by atoms with van der Waals surface area (Å²) in [6.45, 7) is 0.219. The van der Waals surface area contributed by atoms with Gasteiger partial charge in [0.2, 0.25) is 6.79 Å². The SMILES string of the molecule is O=C1CCCc2nc(-c3cc(Br)c4c(c3)OCO4)ncc21. The van der Waals surface area contributed by atoms with Crippen LogP contribution in [-0.4, -0.2) is 22.5 Å². The maximum atomic E-state index is 11.8. The van der Waals surface area contributed by atoms with E-state index in [1.165, 1.54) is 0 Å². The summed E-state index contributed by atoms with van der Waals surface area (Å²) in [5.41, 5.74) is 2.33. The van der Waals surface area contributed by atoms with Crippen molar-refractivity contribution in [2.45, 2.75) is 19.3 Å². The van der Waals surface area contributed by atoms with Crippen LogP contribution in [0.4, 0.5) is 0 Å². The Morgan fingerprint density at radius 1 is 1.19 bits per heavy atom. The van der Waals surface area contributed by atoms with Crippen molar-refractivity contribution in [2.75, 3.05) is 6.79 Å². The Morgan fingerprint density at radius 3 is 3.00 bits per heavy atom. The first-order chi connectivity index (χ1) is 10.2. The summed E-state index contributed by atoms with van der Waals surface area (Å²) in [4.78, 5) is 20.7. The lowest BCUT2D eigenvalue weighted by molar-refractivity contribution is 0.0971. The minimum absolute atomic E-state index is 0.134. The number of carbonyl (C=O) groups excluding carboxylic acids is 1. The lowest BCUT2D eigenvalue weighted by Crippen LogP contribution is -2.13. The van der Waals surface area contributed by atoms with Gasteiger partial charge in [0.15, 0.2) is 23.1 Å². The Bertz CT molecular complexity index is 761. The maximum absolute atomic E-state index is 11.8. The molecule has 21 heavy (non-hydrogen) atoms. The number of nitrogens with zero attached hydrogens (tertiary/aromatic N) is 2. The summed E-state index contributed by atoms with van der Waals surface area (Å²) >= 11 is 3.47. The Hall–Kier alpha value is -1.95. The lowest BCUT2D eigenvalue weighted by Gasteiger charge is -2.14. The first-order valence-electron chi connectivity index (χ1n) is 6.71. The quantitative estimate of drug-likeness (QED) is 0.793. The lowest BCUT2D eigenvalue weighted by atomic mass is 9.96. The molecule has 6 heteroatoms. The van der Waals surface area contributed by atoms with Crippen molar-refractivity contribution in [1.82, 2.24) is 9.97 Å². The number of Topliss-reactive ketones (excluding diaryl/α,β-unsaturated/α-hetero) is 1. The maximum Gasteiger partial charge on any atom is 0.231 e. The average molecular weight is 347 g/mol. The third-order valence-corrected chi connectivity index (χ3v) is 4.26. The molecule has 0 fully saturated rings. The van der Waals surface area contributed by atoms with E-state index in [1.54, 1.807) is 6.20 Å². The fourth-order valence-corrected chi connectivity index (χ4v) is 3.18. The second-order valence-corrected chi connectivity index (χ2v) is 5.88. The zero-order valence-corrected chi connectivity index (χ0v) is 12.6. The van der Waals surface area contributed by atoms with E-state index in [1.807, 2.05) is 12.1 Å². The molecule has 0 unspecified atom stereocenters. The van der Waals surface area contributed by atoms with E-state index in [-0.39, 0.29) is 12.6 Å². The Morgan fingerprint density at radius 2 is 2.10 bits per heavy atom. The molecule has 106 valence electrons. The van der Waals surface area contributed by atoms with Crippen molar-refractivity contribution in [1.29, 1.82) is 0 Å². The van der Waals surface area contributed by atoms with Crippen molar-refractivity contribution < 1.29 is 14.3 Å². The molecule has 4 rings (SSSR count). The highest BCUT2D eigenvalue weighted by molar-refractivity contribution is 9.10. The third kappa shape index (κ3) is 2.10. The Labute approximate surface area is 129 Å². The standard InChI is InChI=1S/C15H11BrN2O3/c16-10-4-8(5-13-14(10)21-7-20-13)15-17-6-9-11(18-15)2-1-3-12(9)19/h4-6H,1-3,7H2. The molecule has 1 aliphatic heterocycles. The van der Waals surface area contributed by atoms with Crippen LogP contribution in [0.3, 0.4) is 0 Å². The smallest absolute Gasteiger partial charge is 0.231 e. The minimum atomic E-state index is 0.134. The van der Waals surface area contributed by atoms with Crippen LogP contribution < -0.4 is 9.47 Å². The van der Waals surface area contributed by atoms with Crippen molar-refractivity contribution in [3.8, 4) is 22.9 Å². The van der Waals surface area contributed by atoms with Gasteiger partial charge in [0, 0.05) is 18.2 Å². The largest absolute Gasteiger partial charge is 0.454 e. The second-order valence-electron chi connectivity index (χ2n) is 5.02. The van der Waals surface area contributed by atoms with Gasteiger partial charge in [-0.15, -0.1) is 0 Å². The number of hydrogen-bond acceptors (Lipinski definition) is 5. The van der Waals surface area contributed by atoms with E-state index in [0.717, 1.165) is 28.6 Å². The second kappa shape index (κ2) is 4.80. The Kier molecular flexibility index (Phi) is 2.92. The van der Waals surface area contributed by atoms with Gasteiger partial charge in [-0.1, -0.05) is 0 Å². The van der Waals surface area contributed by atoms with Crippen molar-refractivity contribution in [3.63, 3.8) is 0 Å². The molecule has 0 radical (unpaired) electrons. The molecule has 1 aliphatic carbocycles. The average Bonchev–Trinajstić information content (AvgIpc) is 2.96. The summed E-state index contributed by atoms with van der Waals surface area (Å²) in [6.07, 6.45) is 3.90. The van der Waals surface area contributed by atoms with E-state index < -0.39 is 0 Å². The molecule has 1 aromatic heterocycles. The zero-order valence-electron chi connectivity index (χ0n) is 11.1. The van der Waals surface area contributed by atoms with Crippen LogP contribution in [-0.2, 0) is 6.42 Å². The fraction of sp³-hybridized carbons (Fsp3) is 0.267. The third-order valence-electron chi connectivity index (χ3n) is 3.67. The highest BCUT2D eigenvalue weighted by Crippen LogP contribution is 2.42. The topological polar surface area (TPSA) is 61.3 Å². The normalized spacial score (nSPS) is 16.0. The van der Waals surface area contributed by atoms with Gasteiger partial charge in [-0.3, -0.25) is 4.79 Å². The number of hydrogen-bond donors (Lipinski definition) is 0. The number of aryl methyl sites for hydroxylation is 1. The molecule has 2 aromatic rings. The van der Waals surface area contributed by atoms with Crippen LogP contribution in [0.1, 0.15) is 28.9 Å². The summed E-state index contributed by atoms with van der Waals surface area (Å²) in [6, 6.07) is 3.76. The number of benzene rings is 1. The molecule has 2 aliphatic rings. The van der Waals surface area contributed by atoms with Gasteiger partial charge in [-0.25, -0.2) is 9.97 Å². The van der Waals surface area contributed by atoms with Crippen molar-refractivity contribution >= 4 is 21.7 Å². The summed E-state index contributed by atoms with van der Waals surface area (Å²) in [5.74, 6) is 2.11. The molecule has 0 saturated carbocycles. The van der Waals surface area contributed by atoms with Crippen LogP contribution >= 0.6 is 15.9 Å². The van der Waals surface area contributed by atoms with Gasteiger partial charge in [-0.2, -0.15) is 0 Å². The van der Waals surface area contributed by atoms with Gasteiger partial charge >= 0.3 is 0 Å². The number of aromatic nitrogens is 2. The van der Waals surface area contributed by atoms with Gasteiger partial charge in [0.25, 0.3) is 0 Å². The number of halogens is 1. The molecule has 1 aromatic carbocycles. The van der Waals surface area contributed by atoms with Crippen LogP contribution in [0.2, 0.25) is 0 Å². The molecule has 0 atom stereocenters. The van der Waals surface area contributed by atoms with Gasteiger partial charge in [-0.05, 0) is 40.9 Å². The summed E-state index contributed by atoms with van der Waals surface area (Å²) < 4.78 is 11.6. The number of ketones is 1. The van der Waals surface area contributed by atoms with Crippen molar-refractivity contribution in [3.05, 3.63) is 34.1 Å². The zero-order chi connectivity index (χ0) is 14.4. The van der Waals surface area contributed by atoms with Crippen LogP contribution in [0.5, 0.6) is 11.5 Å². The number of ether oxygens (including phenoxy) is 2. The van der Waals surface area contributed by atoms with Crippen LogP contribution in [0.15, 0.2) is 22.8 Å². The first-order valence-corrected chi connectivity index (χ1v) is 7.50. The van der Waals surface area contributed by atoms with Gasteiger partial charge in [0.1, 0.15) is 0 Å². The van der Waals surface area contributed by atoms with Crippen LogP contribution in [0, 0.1) is 0 Å². The fourth-order valence-electron chi connectivity index (χ4n) is 2.63. The van der Waals surface area contributed by atoms with E-state index in [2.05, 4.69) is 25.9 Å². The molecule has 0 amide bonds. The highest BCUT2D eigenvalue weighted by atomic mass is 79.9. The predicted molar refractivity (Wildman–Crippen MR) is 78.6 cm³/mol. The molecular weight excluding hydrogens is 336 g/mol. The molecule has 0 spiro atoms. The summed E-state index contributed by atoms with van der Waals surface area (Å²) in [7, 11) is 0.